The van der Waals surface area contributed by atoms with Crippen LogP contribution in [0.5, 0.6) is 11.5 Å². The van der Waals surface area contributed by atoms with Gasteiger partial charge in [-0.2, -0.15) is 0 Å². The van der Waals surface area contributed by atoms with Crippen molar-refractivity contribution in [3.63, 3.8) is 0 Å². The van der Waals surface area contributed by atoms with E-state index in [4.69, 9.17) is 9.47 Å². The maximum Gasteiger partial charge on any atom is 0.200 e. The van der Waals surface area contributed by atoms with Gasteiger partial charge >= 0.3 is 0 Å². The van der Waals surface area contributed by atoms with Crippen LogP contribution >= 0.6 is 0 Å². The van der Waals surface area contributed by atoms with E-state index in [0.717, 1.165) is 0 Å². The lowest BCUT2D eigenvalue weighted by atomic mass is 10.0. The molecule has 3 aromatic carbocycles. The number of Topliss-reactive ketones (excluding diaryl/α,β-unsaturated/α-hetero) is 1. The summed E-state index contributed by atoms with van der Waals surface area (Å²) in [6, 6.07) is 18.7. The van der Waals surface area contributed by atoms with Gasteiger partial charge in [0.2, 0.25) is 0 Å². The van der Waals surface area contributed by atoms with Gasteiger partial charge < -0.3 is 9.47 Å². The van der Waals surface area contributed by atoms with Crippen LogP contribution in [0.25, 0.3) is 0 Å². The predicted octanol–water partition coefficient (Wildman–Crippen LogP) is 4.33. The third-order valence-electron chi connectivity index (χ3n) is 3.98. The highest BCUT2D eigenvalue weighted by Gasteiger charge is 2.11. The molecule has 27 heavy (non-hydrogen) atoms. The second kappa shape index (κ2) is 8.27. The Bertz CT molecular complexity index is 947. The number of hydrogen-bond acceptors (Lipinski definition) is 4. The van der Waals surface area contributed by atoms with Gasteiger partial charge in [-0.25, -0.2) is 4.39 Å². The minimum atomic E-state index is -0.393. The maximum atomic E-state index is 13.0. The molecule has 3 aromatic rings. The third-order valence-corrected chi connectivity index (χ3v) is 3.98. The molecule has 0 unspecified atom stereocenters. The molecule has 0 heterocycles. The molecule has 0 radical (unpaired) electrons. The minimum Gasteiger partial charge on any atom is -0.497 e. The average Bonchev–Trinajstić information content (AvgIpc) is 2.72. The van der Waals surface area contributed by atoms with Crippen molar-refractivity contribution in [2.24, 2.45) is 0 Å². The Morgan fingerprint density at radius 1 is 0.815 bits per heavy atom. The summed E-state index contributed by atoms with van der Waals surface area (Å²) in [7, 11) is 1.54. The molecule has 5 heteroatoms. The Balaban J connectivity index is 1.62. The first-order valence-corrected chi connectivity index (χ1v) is 8.27. The molecule has 0 fully saturated rings. The minimum absolute atomic E-state index is 0.127. The molecule has 0 aromatic heterocycles. The zero-order chi connectivity index (χ0) is 19.2. The van der Waals surface area contributed by atoms with Gasteiger partial charge in [0.05, 0.1) is 7.11 Å². The van der Waals surface area contributed by atoms with E-state index < -0.39 is 5.82 Å². The van der Waals surface area contributed by atoms with E-state index in [0.29, 0.717) is 28.2 Å². The third kappa shape index (κ3) is 4.58. The molecule has 0 aliphatic heterocycles. The number of rotatable bonds is 7. The van der Waals surface area contributed by atoms with Crippen molar-refractivity contribution in [1.29, 1.82) is 0 Å². The summed E-state index contributed by atoms with van der Waals surface area (Å²) >= 11 is 0. The second-order valence-electron chi connectivity index (χ2n) is 5.80. The van der Waals surface area contributed by atoms with E-state index in [1.54, 1.807) is 48.5 Å². The van der Waals surface area contributed by atoms with E-state index >= 15 is 0 Å². The van der Waals surface area contributed by atoms with Gasteiger partial charge in [0.25, 0.3) is 0 Å². The Hall–Kier alpha value is -3.47. The van der Waals surface area contributed by atoms with Crippen LogP contribution in [0.3, 0.4) is 0 Å². The largest absolute Gasteiger partial charge is 0.497 e. The van der Waals surface area contributed by atoms with Crippen molar-refractivity contribution in [2.45, 2.75) is 0 Å². The summed E-state index contributed by atoms with van der Waals surface area (Å²) in [5.41, 5.74) is 1.35. The molecule has 0 aliphatic rings. The normalized spacial score (nSPS) is 10.3. The number of benzene rings is 3. The fourth-order valence-electron chi connectivity index (χ4n) is 2.50. The van der Waals surface area contributed by atoms with Crippen LogP contribution < -0.4 is 9.47 Å². The molecule has 0 aliphatic carbocycles. The van der Waals surface area contributed by atoms with E-state index in [2.05, 4.69) is 0 Å². The lowest BCUT2D eigenvalue weighted by Crippen LogP contribution is -2.11. The number of halogens is 1. The second-order valence-corrected chi connectivity index (χ2v) is 5.80. The van der Waals surface area contributed by atoms with Gasteiger partial charge in [-0.15, -0.1) is 0 Å². The van der Waals surface area contributed by atoms with Gasteiger partial charge in [-0.05, 0) is 60.7 Å². The van der Waals surface area contributed by atoms with Crippen LogP contribution in [0.4, 0.5) is 4.39 Å². The molecule has 3 rings (SSSR count). The van der Waals surface area contributed by atoms with Crippen molar-refractivity contribution in [3.8, 4) is 11.5 Å². The highest BCUT2D eigenvalue weighted by Crippen LogP contribution is 2.17. The van der Waals surface area contributed by atoms with Crippen molar-refractivity contribution in [3.05, 3.63) is 95.3 Å². The first-order chi connectivity index (χ1) is 13.1. The van der Waals surface area contributed by atoms with Crippen LogP contribution in [-0.4, -0.2) is 25.3 Å². The summed E-state index contributed by atoms with van der Waals surface area (Å²) in [4.78, 5) is 24.6. The quantitative estimate of drug-likeness (QED) is 0.586. The first kappa shape index (κ1) is 18.3. The van der Waals surface area contributed by atoms with Crippen molar-refractivity contribution in [2.75, 3.05) is 13.7 Å². The van der Waals surface area contributed by atoms with E-state index in [-0.39, 0.29) is 18.2 Å². The molecular formula is C22H17FO4. The number of ether oxygens (including phenoxy) is 2. The van der Waals surface area contributed by atoms with E-state index in [9.17, 15) is 14.0 Å². The van der Waals surface area contributed by atoms with Crippen molar-refractivity contribution < 1.29 is 23.5 Å². The van der Waals surface area contributed by atoms with E-state index in [1.807, 2.05) is 0 Å². The smallest absolute Gasteiger partial charge is 0.200 e. The van der Waals surface area contributed by atoms with Crippen LogP contribution in [0, 0.1) is 5.82 Å². The monoisotopic (exact) mass is 364 g/mol. The summed E-state index contributed by atoms with van der Waals surface area (Å²) in [6.45, 7) is -0.127. The van der Waals surface area contributed by atoms with Gasteiger partial charge in [0.1, 0.15) is 17.3 Å². The van der Waals surface area contributed by atoms with Crippen LogP contribution in [0.1, 0.15) is 26.3 Å². The summed E-state index contributed by atoms with van der Waals surface area (Å²) < 4.78 is 23.6. The Morgan fingerprint density at radius 3 is 2.07 bits per heavy atom. The topological polar surface area (TPSA) is 52.6 Å². The standard InChI is InChI=1S/C22H17FO4/c1-26-20-4-2-3-17(13-20)21(24)14-27-19-11-7-16(8-12-19)22(25)15-5-9-18(23)10-6-15/h2-13H,14H2,1H3. The molecule has 0 amide bonds. The fraction of sp³-hybridized carbons (Fsp3) is 0.0909. The summed E-state index contributed by atoms with van der Waals surface area (Å²) in [5, 5.41) is 0. The van der Waals surface area contributed by atoms with Crippen molar-refractivity contribution in [1.82, 2.24) is 0 Å². The molecule has 0 saturated heterocycles. The number of carbonyl (C=O) groups excluding carboxylic acids is 2. The Morgan fingerprint density at radius 2 is 1.44 bits per heavy atom. The average molecular weight is 364 g/mol. The zero-order valence-electron chi connectivity index (χ0n) is 14.6. The molecule has 0 bridgehead atoms. The fourth-order valence-corrected chi connectivity index (χ4v) is 2.50. The summed E-state index contributed by atoms with van der Waals surface area (Å²) in [6.07, 6.45) is 0. The highest BCUT2D eigenvalue weighted by molar-refractivity contribution is 6.09. The number of hydrogen-bond donors (Lipinski definition) is 0. The molecule has 136 valence electrons. The molecule has 0 N–H and O–H groups in total. The maximum absolute atomic E-state index is 13.0. The number of ketones is 2. The highest BCUT2D eigenvalue weighted by atomic mass is 19.1. The molecule has 0 spiro atoms. The Labute approximate surface area is 156 Å². The predicted molar refractivity (Wildman–Crippen MR) is 99.1 cm³/mol. The molecular weight excluding hydrogens is 347 g/mol. The lowest BCUT2D eigenvalue weighted by molar-refractivity contribution is 0.0920. The molecule has 4 nitrogen and oxygen atoms in total. The zero-order valence-corrected chi connectivity index (χ0v) is 14.6. The SMILES string of the molecule is COc1cccc(C(=O)COc2ccc(C(=O)c3ccc(F)cc3)cc2)c1. The van der Waals surface area contributed by atoms with Gasteiger partial charge in [0.15, 0.2) is 18.2 Å². The van der Waals surface area contributed by atoms with E-state index in [1.165, 1.54) is 31.4 Å². The van der Waals surface area contributed by atoms with Gasteiger partial charge in [0, 0.05) is 16.7 Å². The van der Waals surface area contributed by atoms with Crippen LogP contribution in [-0.2, 0) is 0 Å². The first-order valence-electron chi connectivity index (χ1n) is 8.27. The molecule has 0 atom stereocenters. The van der Waals surface area contributed by atoms with Crippen LogP contribution in [0.15, 0.2) is 72.8 Å². The van der Waals surface area contributed by atoms with Gasteiger partial charge in [-0.1, -0.05) is 12.1 Å². The lowest BCUT2D eigenvalue weighted by Gasteiger charge is -2.08. The Kier molecular flexibility index (Phi) is 5.61. The van der Waals surface area contributed by atoms with Crippen molar-refractivity contribution >= 4 is 11.6 Å². The van der Waals surface area contributed by atoms with Crippen LogP contribution in [0.2, 0.25) is 0 Å². The number of carbonyl (C=O) groups is 2. The molecule has 0 saturated carbocycles. The van der Waals surface area contributed by atoms with Gasteiger partial charge in [-0.3, -0.25) is 9.59 Å². The summed E-state index contributed by atoms with van der Waals surface area (Å²) in [5.74, 6) is 0.289. The number of methoxy groups -OCH3 is 1.